The van der Waals surface area contributed by atoms with Crippen molar-refractivity contribution in [3.05, 3.63) is 52.8 Å². The number of benzene rings is 2. The van der Waals surface area contributed by atoms with Crippen molar-refractivity contribution in [3.63, 3.8) is 0 Å². The van der Waals surface area contributed by atoms with E-state index in [1.54, 1.807) is 0 Å². The summed E-state index contributed by atoms with van der Waals surface area (Å²) in [6.07, 6.45) is 0. The number of anilines is 1. The number of carbonyl (C=O) groups is 1. The molecule has 2 rings (SSSR count). The second kappa shape index (κ2) is 5.82. The summed E-state index contributed by atoms with van der Waals surface area (Å²) in [5.74, 6) is -2.84. The number of carboxylic acid groups (broad SMARTS) is 1. The Bertz CT molecular complexity index is 833. The summed E-state index contributed by atoms with van der Waals surface area (Å²) in [6.45, 7) is 0. The fraction of sp³-hybridized carbons (Fsp3) is 0. The lowest BCUT2D eigenvalue weighted by Gasteiger charge is -2.11. The molecule has 0 spiro atoms. The van der Waals surface area contributed by atoms with Crippen LogP contribution in [0.3, 0.4) is 0 Å². The third kappa shape index (κ3) is 3.12. The van der Waals surface area contributed by atoms with E-state index in [4.69, 9.17) is 16.7 Å². The van der Waals surface area contributed by atoms with Gasteiger partial charge in [-0.1, -0.05) is 17.7 Å². The molecule has 9 heteroatoms. The van der Waals surface area contributed by atoms with E-state index >= 15 is 0 Å². The molecule has 0 saturated heterocycles. The van der Waals surface area contributed by atoms with Crippen LogP contribution < -0.4 is 4.72 Å². The average Bonchev–Trinajstić information content (AvgIpc) is 2.42. The molecule has 0 heterocycles. The van der Waals surface area contributed by atoms with Crippen LogP contribution in [0, 0.1) is 5.82 Å². The first-order valence-electron chi connectivity index (χ1n) is 5.75. The largest absolute Gasteiger partial charge is 0.506 e. The molecule has 0 aliphatic rings. The first-order valence-corrected chi connectivity index (χ1v) is 7.61. The van der Waals surface area contributed by atoms with Gasteiger partial charge in [0.05, 0.1) is 10.6 Å². The van der Waals surface area contributed by atoms with Crippen molar-refractivity contribution < 1.29 is 27.8 Å². The van der Waals surface area contributed by atoms with Crippen LogP contribution in [0.4, 0.5) is 10.1 Å². The number of para-hydroxylation sites is 1. The van der Waals surface area contributed by atoms with Crippen LogP contribution >= 0.6 is 11.6 Å². The quantitative estimate of drug-likeness (QED) is 0.739. The van der Waals surface area contributed by atoms with Gasteiger partial charge < -0.3 is 10.2 Å². The molecule has 0 aliphatic heterocycles. The Labute approximate surface area is 129 Å². The molecule has 0 radical (unpaired) electrons. The third-order valence-electron chi connectivity index (χ3n) is 2.70. The Hall–Kier alpha value is -2.32. The van der Waals surface area contributed by atoms with E-state index in [0.29, 0.717) is 0 Å². The number of phenolic OH excluding ortho intramolecular Hbond substituents is 1. The number of hydrogen-bond donors (Lipinski definition) is 3. The van der Waals surface area contributed by atoms with Gasteiger partial charge in [-0.25, -0.2) is 17.6 Å². The smallest absolute Gasteiger partial charge is 0.335 e. The van der Waals surface area contributed by atoms with Gasteiger partial charge in [-0.15, -0.1) is 0 Å². The molecule has 0 fully saturated rings. The number of sulfonamides is 1. The zero-order chi connectivity index (χ0) is 16.5. The van der Waals surface area contributed by atoms with Crippen LogP contribution in [0.25, 0.3) is 0 Å². The summed E-state index contributed by atoms with van der Waals surface area (Å²) >= 11 is 5.77. The maximum Gasteiger partial charge on any atom is 0.335 e. The van der Waals surface area contributed by atoms with Crippen molar-refractivity contribution in [1.82, 2.24) is 0 Å². The van der Waals surface area contributed by atoms with E-state index in [2.05, 4.69) is 0 Å². The topological polar surface area (TPSA) is 104 Å². The van der Waals surface area contributed by atoms with Gasteiger partial charge in [-0.2, -0.15) is 0 Å². The van der Waals surface area contributed by atoms with E-state index < -0.39 is 38.1 Å². The summed E-state index contributed by atoms with van der Waals surface area (Å²) in [5, 5.41) is 18.0. The van der Waals surface area contributed by atoms with E-state index in [1.165, 1.54) is 6.07 Å². The fourth-order valence-electron chi connectivity index (χ4n) is 1.65. The van der Waals surface area contributed by atoms with Crippen LogP contribution in [-0.2, 0) is 10.0 Å². The Kier molecular flexibility index (Phi) is 4.25. The molecule has 3 N–H and O–H groups in total. The number of aromatic carboxylic acids is 1. The van der Waals surface area contributed by atoms with Crippen molar-refractivity contribution >= 4 is 33.3 Å². The second-order valence-electron chi connectivity index (χ2n) is 4.19. The Morgan fingerprint density at radius 3 is 2.45 bits per heavy atom. The highest BCUT2D eigenvalue weighted by molar-refractivity contribution is 7.92. The highest BCUT2D eigenvalue weighted by Crippen LogP contribution is 2.30. The molecule has 0 unspecified atom stereocenters. The maximum atomic E-state index is 13.6. The van der Waals surface area contributed by atoms with Gasteiger partial charge >= 0.3 is 5.97 Å². The molecule has 0 aliphatic carbocycles. The average molecular weight is 346 g/mol. The van der Waals surface area contributed by atoms with Gasteiger partial charge in [-0.05, 0) is 30.3 Å². The minimum Gasteiger partial charge on any atom is -0.506 e. The lowest BCUT2D eigenvalue weighted by Crippen LogP contribution is -2.15. The van der Waals surface area contributed by atoms with Crippen molar-refractivity contribution in [2.75, 3.05) is 4.72 Å². The van der Waals surface area contributed by atoms with E-state index in [9.17, 15) is 22.7 Å². The second-order valence-corrected chi connectivity index (χ2v) is 6.25. The molecule has 116 valence electrons. The lowest BCUT2D eigenvalue weighted by atomic mass is 10.2. The number of nitrogens with one attached hydrogen (secondary N) is 1. The third-order valence-corrected chi connectivity index (χ3v) is 4.53. The first-order chi connectivity index (χ1) is 10.2. The number of hydrogen-bond acceptors (Lipinski definition) is 4. The Balaban J connectivity index is 2.45. The van der Waals surface area contributed by atoms with E-state index in [-0.39, 0.29) is 10.6 Å². The molecule has 0 bridgehead atoms. The molecule has 0 amide bonds. The SMILES string of the molecule is O=C(O)c1ccc(S(=O)(=O)Nc2c(O)cccc2F)c(Cl)c1. The van der Waals surface area contributed by atoms with E-state index in [1.807, 2.05) is 4.72 Å². The van der Waals surface area contributed by atoms with Crippen LogP contribution in [0.2, 0.25) is 5.02 Å². The minimum atomic E-state index is -4.31. The fourth-order valence-corrected chi connectivity index (χ4v) is 3.28. The van der Waals surface area contributed by atoms with Gasteiger partial charge in [0, 0.05) is 0 Å². The van der Waals surface area contributed by atoms with Crippen molar-refractivity contribution in [2.45, 2.75) is 4.90 Å². The number of carboxylic acids is 1. The lowest BCUT2D eigenvalue weighted by molar-refractivity contribution is 0.0696. The molecule has 2 aromatic rings. The summed E-state index contributed by atoms with van der Waals surface area (Å²) in [4.78, 5) is 10.3. The Morgan fingerprint density at radius 1 is 1.23 bits per heavy atom. The van der Waals surface area contributed by atoms with Crippen LogP contribution in [0.1, 0.15) is 10.4 Å². The zero-order valence-corrected chi connectivity index (χ0v) is 12.3. The molecular formula is C13H9ClFNO5S. The maximum absolute atomic E-state index is 13.6. The highest BCUT2D eigenvalue weighted by atomic mass is 35.5. The number of aromatic hydroxyl groups is 1. The first kappa shape index (κ1) is 16.1. The van der Waals surface area contributed by atoms with Crippen molar-refractivity contribution in [3.8, 4) is 5.75 Å². The summed E-state index contributed by atoms with van der Waals surface area (Å²) < 4.78 is 39.8. The van der Waals surface area contributed by atoms with Crippen molar-refractivity contribution in [1.29, 1.82) is 0 Å². The Morgan fingerprint density at radius 2 is 1.91 bits per heavy atom. The molecule has 0 aromatic heterocycles. The predicted octanol–water partition coefficient (Wildman–Crippen LogP) is 2.68. The summed E-state index contributed by atoms with van der Waals surface area (Å²) in [7, 11) is -4.31. The normalized spacial score (nSPS) is 11.2. The van der Waals surface area contributed by atoms with Crippen LogP contribution in [0.5, 0.6) is 5.75 Å². The van der Waals surface area contributed by atoms with Crippen molar-refractivity contribution in [2.24, 2.45) is 0 Å². The molecule has 2 aromatic carbocycles. The zero-order valence-electron chi connectivity index (χ0n) is 10.7. The molecule has 22 heavy (non-hydrogen) atoms. The van der Waals surface area contributed by atoms with Crippen LogP contribution in [0.15, 0.2) is 41.3 Å². The standard InChI is InChI=1S/C13H9ClFNO5S/c14-8-6-7(13(18)19)4-5-11(8)22(20,21)16-12-9(15)2-1-3-10(12)17/h1-6,16-17H,(H,18,19). The van der Waals surface area contributed by atoms with Gasteiger partial charge in [0.1, 0.15) is 16.3 Å². The van der Waals surface area contributed by atoms with Gasteiger partial charge in [0.15, 0.2) is 5.82 Å². The minimum absolute atomic E-state index is 0.197. The number of phenols is 1. The highest BCUT2D eigenvalue weighted by Gasteiger charge is 2.22. The molecule has 0 atom stereocenters. The van der Waals surface area contributed by atoms with Gasteiger partial charge in [-0.3, -0.25) is 4.72 Å². The van der Waals surface area contributed by atoms with Gasteiger partial charge in [0.25, 0.3) is 10.0 Å². The number of rotatable bonds is 4. The molecule has 6 nitrogen and oxygen atoms in total. The van der Waals surface area contributed by atoms with Crippen LogP contribution in [-0.4, -0.2) is 24.6 Å². The summed E-state index contributed by atoms with van der Waals surface area (Å²) in [6, 6.07) is 6.26. The van der Waals surface area contributed by atoms with Gasteiger partial charge in [0.2, 0.25) is 0 Å². The number of halogens is 2. The summed E-state index contributed by atoms with van der Waals surface area (Å²) in [5.41, 5.74) is -0.821. The van der Waals surface area contributed by atoms with E-state index in [0.717, 1.165) is 30.3 Å². The predicted molar refractivity (Wildman–Crippen MR) is 77.3 cm³/mol. The molecule has 0 saturated carbocycles. The molecular weight excluding hydrogens is 337 g/mol. The monoisotopic (exact) mass is 345 g/mol.